The van der Waals surface area contributed by atoms with Crippen LogP contribution < -0.4 is 0 Å². The van der Waals surface area contributed by atoms with Gasteiger partial charge in [-0.3, -0.25) is 0 Å². The smallest absolute Gasteiger partial charge is 0.0847 e. The largest absolute Gasteiger partial charge is 0.197 e. The van der Waals surface area contributed by atoms with Gasteiger partial charge in [-0.15, -0.1) is 0 Å². The molecule has 1 atom stereocenters. The molecule has 0 N–H and O–H groups in total. The maximum atomic E-state index is 9.82. The molecule has 0 spiro atoms. The lowest BCUT2D eigenvalue weighted by Crippen LogP contribution is -2.37. The molecule has 0 aliphatic rings. The number of hydrogen-bond donors (Lipinski definition) is 0. The minimum atomic E-state index is -0.468. The van der Waals surface area contributed by atoms with Crippen LogP contribution in [0.25, 0.3) is 0 Å². The average molecular weight is 257 g/mol. The van der Waals surface area contributed by atoms with Crippen molar-refractivity contribution in [1.29, 1.82) is 5.26 Å². The first-order valence-electron chi connectivity index (χ1n) is 6.97. The Hall–Kier alpha value is -1.29. The summed E-state index contributed by atoms with van der Waals surface area (Å²) in [6, 6.07) is 2.59. The summed E-state index contributed by atoms with van der Waals surface area (Å²) in [5.74, 6) is 0. The van der Waals surface area contributed by atoms with Gasteiger partial charge < -0.3 is 0 Å². The molecule has 0 heterocycles. The highest BCUT2D eigenvalue weighted by molar-refractivity contribution is 5.55. The monoisotopic (exact) mass is 257 g/mol. The first-order valence-corrected chi connectivity index (χ1v) is 6.97. The molecule has 0 aromatic heterocycles. The minimum Gasteiger partial charge on any atom is -0.197 e. The van der Waals surface area contributed by atoms with Gasteiger partial charge in [0.1, 0.15) is 0 Å². The number of hydrogen-bond acceptors (Lipinski definition) is 1. The molecular weight excluding hydrogens is 230 g/mol. The zero-order valence-corrected chi connectivity index (χ0v) is 13.9. The van der Waals surface area contributed by atoms with E-state index in [-0.39, 0.29) is 5.41 Å². The van der Waals surface area contributed by atoms with Gasteiger partial charge in [0.25, 0.3) is 0 Å². The highest BCUT2D eigenvalue weighted by Gasteiger charge is 2.42. The zero-order valence-electron chi connectivity index (χ0n) is 13.9. The lowest BCUT2D eigenvalue weighted by Gasteiger charge is -2.39. The maximum Gasteiger partial charge on any atom is 0.0847 e. The van der Waals surface area contributed by atoms with Crippen LogP contribution >= 0.6 is 0 Å². The Balaban J connectivity index is 3.85. The topological polar surface area (TPSA) is 23.8 Å². The van der Waals surface area contributed by atoms with E-state index in [1.165, 1.54) is 33.4 Å². The molecule has 0 aliphatic heterocycles. The highest BCUT2D eigenvalue weighted by atomic mass is 14.5. The van der Waals surface area contributed by atoms with Gasteiger partial charge in [0.05, 0.1) is 11.5 Å². The van der Waals surface area contributed by atoms with E-state index in [1.807, 2.05) is 0 Å². The predicted octanol–water partition coefficient (Wildman–Crippen LogP) is 5.06. The number of rotatable bonds is 1. The summed E-state index contributed by atoms with van der Waals surface area (Å²) in [6.07, 6.45) is 0. The molecular formula is C18H27N. The quantitative estimate of drug-likeness (QED) is 0.690. The summed E-state index contributed by atoms with van der Waals surface area (Å²) in [5, 5.41) is 9.82. The number of benzene rings is 1. The molecule has 0 saturated heterocycles. The van der Waals surface area contributed by atoms with E-state index in [1.54, 1.807) is 0 Å². The van der Waals surface area contributed by atoms with E-state index in [0.29, 0.717) is 0 Å². The van der Waals surface area contributed by atoms with Crippen molar-refractivity contribution in [3.63, 3.8) is 0 Å². The molecule has 1 aromatic rings. The third-order valence-electron chi connectivity index (χ3n) is 5.22. The molecule has 19 heavy (non-hydrogen) atoms. The molecule has 104 valence electrons. The Bertz CT molecular complexity index is 524. The summed E-state index contributed by atoms with van der Waals surface area (Å²) >= 11 is 0. The van der Waals surface area contributed by atoms with Crippen molar-refractivity contribution in [2.24, 2.45) is 5.41 Å². The third kappa shape index (κ3) is 2.18. The van der Waals surface area contributed by atoms with E-state index in [9.17, 15) is 5.26 Å². The zero-order chi connectivity index (χ0) is 15.2. The van der Waals surface area contributed by atoms with Gasteiger partial charge in [0.2, 0.25) is 0 Å². The molecule has 1 aromatic carbocycles. The van der Waals surface area contributed by atoms with E-state index in [4.69, 9.17) is 0 Å². The van der Waals surface area contributed by atoms with E-state index in [2.05, 4.69) is 68.4 Å². The summed E-state index contributed by atoms with van der Waals surface area (Å²) in [6.45, 7) is 19.4. The maximum absolute atomic E-state index is 9.82. The molecule has 0 bridgehead atoms. The van der Waals surface area contributed by atoms with Gasteiger partial charge in [-0.25, -0.2) is 0 Å². The van der Waals surface area contributed by atoms with E-state index < -0.39 is 5.41 Å². The lowest BCUT2D eigenvalue weighted by atomic mass is 9.62. The molecule has 0 fully saturated rings. The summed E-state index contributed by atoms with van der Waals surface area (Å²) in [4.78, 5) is 0. The molecule has 0 saturated carbocycles. The van der Waals surface area contributed by atoms with Crippen LogP contribution in [0.3, 0.4) is 0 Å². The van der Waals surface area contributed by atoms with E-state index >= 15 is 0 Å². The second-order valence-corrected chi connectivity index (χ2v) is 6.99. The second kappa shape index (κ2) is 4.67. The van der Waals surface area contributed by atoms with Gasteiger partial charge in [0, 0.05) is 0 Å². The molecule has 1 rings (SSSR count). The van der Waals surface area contributed by atoms with Crippen molar-refractivity contribution in [2.45, 2.75) is 67.7 Å². The normalized spacial score (nSPS) is 14.9. The first-order chi connectivity index (χ1) is 8.49. The Morgan fingerprint density at radius 3 is 1.26 bits per heavy atom. The SMILES string of the molecule is Cc1c(C)c(C)c(C(C)(C#N)C(C)(C)C)c(C)c1C. The average Bonchev–Trinajstić information content (AvgIpc) is 2.32. The van der Waals surface area contributed by atoms with Gasteiger partial charge in [0.15, 0.2) is 0 Å². The fraction of sp³-hybridized carbons (Fsp3) is 0.611. The summed E-state index contributed by atoms with van der Waals surface area (Å²) < 4.78 is 0. The van der Waals surface area contributed by atoms with Gasteiger partial charge in [-0.2, -0.15) is 5.26 Å². The van der Waals surface area contributed by atoms with Gasteiger partial charge in [-0.1, -0.05) is 20.8 Å². The highest BCUT2D eigenvalue weighted by Crippen LogP contribution is 2.45. The Kier molecular flexibility index (Phi) is 3.88. The minimum absolute atomic E-state index is 0.0919. The summed E-state index contributed by atoms with van der Waals surface area (Å²) in [7, 11) is 0. The van der Waals surface area contributed by atoms with Crippen molar-refractivity contribution in [1.82, 2.24) is 0 Å². The molecule has 1 nitrogen and oxygen atoms in total. The lowest BCUT2D eigenvalue weighted by molar-refractivity contribution is 0.264. The Morgan fingerprint density at radius 2 is 1.00 bits per heavy atom. The van der Waals surface area contributed by atoms with Crippen molar-refractivity contribution in [3.8, 4) is 6.07 Å². The molecule has 1 unspecified atom stereocenters. The first kappa shape index (κ1) is 15.8. The van der Waals surface area contributed by atoms with Crippen LogP contribution in [0, 0.1) is 51.4 Å². The fourth-order valence-corrected chi connectivity index (χ4v) is 2.85. The number of nitrogens with zero attached hydrogens (tertiary/aromatic N) is 1. The van der Waals surface area contributed by atoms with Crippen molar-refractivity contribution < 1.29 is 0 Å². The Labute approximate surface area is 118 Å². The Morgan fingerprint density at radius 1 is 0.684 bits per heavy atom. The van der Waals surface area contributed by atoms with Crippen LogP contribution in [-0.2, 0) is 5.41 Å². The standard InChI is InChI=1S/C18H27N/c1-11-12(2)14(4)16(15(5)13(11)3)18(9,10-19)17(6,7)8/h1-9H3. The van der Waals surface area contributed by atoms with Crippen LogP contribution in [0.1, 0.15) is 61.1 Å². The van der Waals surface area contributed by atoms with Crippen LogP contribution in [0.4, 0.5) is 0 Å². The summed E-state index contributed by atoms with van der Waals surface area (Å²) in [5.41, 5.74) is 7.22. The number of nitriles is 1. The van der Waals surface area contributed by atoms with Crippen LogP contribution in [0.15, 0.2) is 0 Å². The van der Waals surface area contributed by atoms with Crippen LogP contribution in [-0.4, -0.2) is 0 Å². The van der Waals surface area contributed by atoms with Crippen molar-refractivity contribution in [3.05, 3.63) is 33.4 Å². The molecule has 0 radical (unpaired) electrons. The molecule has 0 aliphatic carbocycles. The van der Waals surface area contributed by atoms with Crippen molar-refractivity contribution in [2.75, 3.05) is 0 Å². The van der Waals surface area contributed by atoms with Crippen LogP contribution in [0.2, 0.25) is 0 Å². The molecule has 1 heteroatoms. The second-order valence-electron chi connectivity index (χ2n) is 6.99. The molecule has 0 amide bonds. The van der Waals surface area contributed by atoms with Gasteiger partial charge >= 0.3 is 0 Å². The predicted molar refractivity (Wildman–Crippen MR) is 82.5 cm³/mol. The van der Waals surface area contributed by atoms with E-state index in [0.717, 1.165) is 0 Å². The van der Waals surface area contributed by atoms with Gasteiger partial charge in [-0.05, 0) is 80.3 Å². The van der Waals surface area contributed by atoms with Crippen LogP contribution in [0.5, 0.6) is 0 Å². The third-order valence-corrected chi connectivity index (χ3v) is 5.22. The fourth-order valence-electron chi connectivity index (χ4n) is 2.85. The van der Waals surface area contributed by atoms with Crippen molar-refractivity contribution >= 4 is 0 Å².